The molecule has 2 heterocycles. The lowest BCUT2D eigenvalue weighted by Crippen LogP contribution is -2.47. The molecule has 0 saturated carbocycles. The molecule has 0 spiro atoms. The number of anilines is 1. The van der Waals surface area contributed by atoms with Crippen LogP contribution in [-0.2, 0) is 11.3 Å². The van der Waals surface area contributed by atoms with Gasteiger partial charge in [-0.2, -0.15) is 5.10 Å². The zero-order valence-corrected chi connectivity index (χ0v) is 14.4. The summed E-state index contributed by atoms with van der Waals surface area (Å²) < 4.78 is 6.90. The van der Waals surface area contributed by atoms with Crippen LogP contribution in [0.15, 0.2) is 15.5 Å². The number of nitrogens with zero attached hydrogens (tertiary/aromatic N) is 3. The number of aromatic nitrogens is 2. The summed E-state index contributed by atoms with van der Waals surface area (Å²) >= 11 is 3.39. The molecule has 118 valence electrons. The van der Waals surface area contributed by atoms with Crippen molar-refractivity contribution in [1.82, 2.24) is 14.8 Å². The first kappa shape index (κ1) is 16.5. The van der Waals surface area contributed by atoms with Gasteiger partial charge in [-0.3, -0.25) is 4.79 Å². The van der Waals surface area contributed by atoms with Crippen LogP contribution < -0.4 is 11.0 Å². The number of rotatable bonds is 5. The first-order chi connectivity index (χ1) is 10.0. The van der Waals surface area contributed by atoms with Gasteiger partial charge < -0.3 is 10.2 Å². The Morgan fingerprint density at radius 1 is 1.43 bits per heavy atom. The van der Waals surface area contributed by atoms with E-state index in [4.69, 9.17) is 4.74 Å². The average Bonchev–Trinajstić information content (AvgIpc) is 2.46. The zero-order chi connectivity index (χ0) is 15.4. The van der Waals surface area contributed by atoms with Crippen LogP contribution in [0.4, 0.5) is 5.69 Å². The van der Waals surface area contributed by atoms with Crippen LogP contribution in [0.2, 0.25) is 0 Å². The van der Waals surface area contributed by atoms with Crippen LogP contribution in [0.1, 0.15) is 33.1 Å². The van der Waals surface area contributed by atoms with Gasteiger partial charge in [0, 0.05) is 19.2 Å². The van der Waals surface area contributed by atoms with Crippen molar-refractivity contribution in [3.05, 3.63) is 21.0 Å². The van der Waals surface area contributed by atoms with Crippen molar-refractivity contribution < 1.29 is 4.74 Å². The third kappa shape index (κ3) is 3.84. The molecule has 2 rings (SSSR count). The van der Waals surface area contributed by atoms with Gasteiger partial charge in [-0.15, -0.1) is 0 Å². The van der Waals surface area contributed by atoms with E-state index in [1.165, 1.54) is 11.1 Å². The molecule has 7 heteroatoms. The average molecular weight is 359 g/mol. The molecule has 21 heavy (non-hydrogen) atoms. The molecule has 2 unspecified atom stereocenters. The van der Waals surface area contributed by atoms with Crippen LogP contribution in [0.3, 0.4) is 0 Å². The molecule has 1 N–H and O–H groups in total. The van der Waals surface area contributed by atoms with Gasteiger partial charge in [0.15, 0.2) is 0 Å². The minimum Gasteiger partial charge on any atom is -0.383 e. The summed E-state index contributed by atoms with van der Waals surface area (Å²) in [4.78, 5) is 12.2. The van der Waals surface area contributed by atoms with Crippen LogP contribution in [-0.4, -0.2) is 40.6 Å². The molecule has 0 bridgehead atoms. The summed E-state index contributed by atoms with van der Waals surface area (Å²) in [6.07, 6.45) is 5.26. The third-order valence-electron chi connectivity index (χ3n) is 3.94. The predicted octanol–water partition coefficient (Wildman–Crippen LogP) is 2.24. The molecule has 1 aromatic rings. The highest BCUT2D eigenvalue weighted by molar-refractivity contribution is 9.10. The van der Waals surface area contributed by atoms with Crippen molar-refractivity contribution in [2.24, 2.45) is 0 Å². The molecule has 1 saturated heterocycles. The number of piperidine rings is 1. The molecule has 6 nitrogen and oxygen atoms in total. The van der Waals surface area contributed by atoms with Crippen molar-refractivity contribution in [2.45, 2.75) is 51.7 Å². The monoisotopic (exact) mass is 358 g/mol. The van der Waals surface area contributed by atoms with E-state index < -0.39 is 0 Å². The van der Waals surface area contributed by atoms with Crippen molar-refractivity contribution in [1.29, 1.82) is 0 Å². The maximum Gasteiger partial charge on any atom is 0.283 e. The van der Waals surface area contributed by atoms with Gasteiger partial charge >= 0.3 is 0 Å². The van der Waals surface area contributed by atoms with E-state index in [9.17, 15) is 4.79 Å². The fourth-order valence-corrected chi connectivity index (χ4v) is 3.06. The summed E-state index contributed by atoms with van der Waals surface area (Å²) in [6.45, 7) is 5.31. The Bertz CT molecular complexity index is 524. The van der Waals surface area contributed by atoms with Gasteiger partial charge in [0.1, 0.15) is 4.47 Å². The SMILES string of the molecule is COCCn1ncc(NN2C(C)CCCC2C)c(Br)c1=O. The number of halogens is 1. The van der Waals surface area contributed by atoms with Crippen LogP contribution in [0.25, 0.3) is 0 Å². The lowest BCUT2D eigenvalue weighted by atomic mass is 10.00. The van der Waals surface area contributed by atoms with Crippen molar-refractivity contribution >= 4 is 21.6 Å². The zero-order valence-electron chi connectivity index (χ0n) is 12.8. The molecule has 1 fully saturated rings. The molecule has 2 atom stereocenters. The van der Waals surface area contributed by atoms with Crippen LogP contribution >= 0.6 is 15.9 Å². The van der Waals surface area contributed by atoms with Gasteiger partial charge in [-0.05, 0) is 42.6 Å². The smallest absolute Gasteiger partial charge is 0.283 e. The van der Waals surface area contributed by atoms with E-state index in [-0.39, 0.29) is 5.56 Å². The van der Waals surface area contributed by atoms with Crippen molar-refractivity contribution in [3.8, 4) is 0 Å². The Balaban J connectivity index is 2.17. The Morgan fingerprint density at radius 2 is 2.10 bits per heavy atom. The van der Waals surface area contributed by atoms with Crippen LogP contribution in [0, 0.1) is 0 Å². The number of hydrogen-bond acceptors (Lipinski definition) is 5. The number of ether oxygens (including phenoxy) is 1. The topological polar surface area (TPSA) is 59.4 Å². The van der Waals surface area contributed by atoms with Crippen molar-refractivity contribution in [2.75, 3.05) is 19.1 Å². The molecule has 0 amide bonds. The van der Waals surface area contributed by atoms with Gasteiger partial charge in [-0.1, -0.05) is 6.42 Å². The minimum absolute atomic E-state index is 0.144. The number of hydrogen-bond donors (Lipinski definition) is 1. The molecule has 1 aliphatic rings. The van der Waals surface area contributed by atoms with Gasteiger partial charge in [0.05, 0.1) is 25.0 Å². The predicted molar refractivity (Wildman–Crippen MR) is 86.3 cm³/mol. The Kier molecular flexibility index (Phi) is 5.78. The number of methoxy groups -OCH3 is 1. The summed E-state index contributed by atoms with van der Waals surface area (Å²) in [7, 11) is 1.61. The van der Waals surface area contributed by atoms with E-state index in [0.29, 0.717) is 35.4 Å². The van der Waals surface area contributed by atoms with E-state index >= 15 is 0 Å². The normalized spacial score (nSPS) is 23.2. The van der Waals surface area contributed by atoms with E-state index in [1.54, 1.807) is 13.3 Å². The van der Waals surface area contributed by atoms with Gasteiger partial charge in [0.25, 0.3) is 5.56 Å². The fourth-order valence-electron chi connectivity index (χ4n) is 2.66. The third-order valence-corrected chi connectivity index (χ3v) is 4.70. The summed E-state index contributed by atoms with van der Waals surface area (Å²) in [6, 6.07) is 0.883. The number of nitrogens with one attached hydrogen (secondary N) is 1. The second kappa shape index (κ2) is 7.38. The quantitative estimate of drug-likeness (QED) is 0.874. The van der Waals surface area contributed by atoms with E-state index in [2.05, 4.69) is 45.3 Å². The maximum absolute atomic E-state index is 12.2. The standard InChI is InChI=1S/C14H23BrN4O2/c1-10-5-4-6-11(2)19(10)17-12-9-16-18(7-8-21-3)14(20)13(12)15/h9-11,17H,4-8H2,1-3H3. The lowest BCUT2D eigenvalue weighted by Gasteiger charge is -2.39. The molecule has 0 radical (unpaired) electrons. The maximum atomic E-state index is 12.2. The highest BCUT2D eigenvalue weighted by Crippen LogP contribution is 2.25. The van der Waals surface area contributed by atoms with Crippen molar-refractivity contribution in [3.63, 3.8) is 0 Å². The molecule has 0 aliphatic carbocycles. The largest absolute Gasteiger partial charge is 0.383 e. The molecule has 0 aromatic carbocycles. The van der Waals surface area contributed by atoms with Gasteiger partial charge in [-0.25, -0.2) is 9.69 Å². The first-order valence-corrected chi connectivity index (χ1v) is 8.13. The Hall–Kier alpha value is -0.920. The summed E-state index contributed by atoms with van der Waals surface area (Å²) in [5.41, 5.74) is 3.92. The van der Waals surface area contributed by atoms with Crippen LogP contribution in [0.5, 0.6) is 0 Å². The van der Waals surface area contributed by atoms with Gasteiger partial charge in [0.2, 0.25) is 0 Å². The Morgan fingerprint density at radius 3 is 2.71 bits per heavy atom. The Labute approximate surface area is 133 Å². The highest BCUT2D eigenvalue weighted by atomic mass is 79.9. The minimum atomic E-state index is -0.144. The van der Waals surface area contributed by atoms with E-state index in [0.717, 1.165) is 12.8 Å². The van der Waals surface area contributed by atoms with E-state index in [1.807, 2.05) is 0 Å². The number of hydrazine groups is 1. The second-order valence-electron chi connectivity index (χ2n) is 5.54. The first-order valence-electron chi connectivity index (χ1n) is 7.34. The molecular weight excluding hydrogens is 336 g/mol. The molecule has 1 aromatic heterocycles. The lowest BCUT2D eigenvalue weighted by molar-refractivity contribution is 0.135. The fraction of sp³-hybridized carbons (Fsp3) is 0.714. The summed E-state index contributed by atoms with van der Waals surface area (Å²) in [5.74, 6) is 0. The molecule has 1 aliphatic heterocycles. The summed E-state index contributed by atoms with van der Waals surface area (Å²) in [5, 5.41) is 6.41. The second-order valence-corrected chi connectivity index (χ2v) is 6.33. The molecular formula is C14H23BrN4O2. The highest BCUT2D eigenvalue weighted by Gasteiger charge is 2.25.